The van der Waals surface area contributed by atoms with Crippen molar-refractivity contribution < 1.29 is 28.5 Å². The van der Waals surface area contributed by atoms with Gasteiger partial charge in [-0.2, -0.15) is 0 Å². The van der Waals surface area contributed by atoms with Crippen molar-refractivity contribution in [3.8, 4) is 17.2 Å². The summed E-state index contributed by atoms with van der Waals surface area (Å²) >= 11 is 1.17. The smallest absolute Gasteiger partial charge is 0.318 e. The van der Waals surface area contributed by atoms with Gasteiger partial charge in [-0.25, -0.2) is 9.38 Å². The minimum atomic E-state index is -0.761. The van der Waals surface area contributed by atoms with Crippen LogP contribution in [0, 0.1) is 26.0 Å². The number of halogens is 1. The molecular formula is C30H27FN4O7S. The van der Waals surface area contributed by atoms with E-state index in [9.17, 15) is 29.4 Å². The minimum absolute atomic E-state index is 0.0302. The zero-order chi connectivity index (χ0) is 30.5. The highest BCUT2D eigenvalue weighted by Gasteiger charge is 2.39. The van der Waals surface area contributed by atoms with Crippen molar-refractivity contribution >= 4 is 46.0 Å². The number of carbonyl (C=O) groups excluding carboxylic acids is 1. The number of hydrogen-bond acceptors (Lipinski definition) is 9. The number of nitro benzene ring substituents is 2. The van der Waals surface area contributed by atoms with Gasteiger partial charge in [0.15, 0.2) is 16.7 Å². The summed E-state index contributed by atoms with van der Waals surface area (Å²) in [6.07, 6.45) is 6.46. The van der Waals surface area contributed by atoms with Gasteiger partial charge in [0.2, 0.25) is 5.75 Å². The molecule has 1 saturated heterocycles. The summed E-state index contributed by atoms with van der Waals surface area (Å²) in [4.78, 5) is 41.5. The lowest BCUT2D eigenvalue weighted by Crippen LogP contribution is -2.40. The fourth-order valence-corrected chi connectivity index (χ4v) is 6.01. The Hall–Kier alpha value is -4.78. The molecule has 2 fully saturated rings. The number of aliphatic imine (C=N–C) groups is 1. The molecule has 11 nitrogen and oxygen atoms in total. The maximum Gasteiger partial charge on any atom is 0.318 e. The molecule has 0 radical (unpaired) electrons. The van der Waals surface area contributed by atoms with Crippen LogP contribution in [-0.2, 0) is 4.79 Å². The summed E-state index contributed by atoms with van der Waals surface area (Å²) in [6.45, 7) is 2.01. The van der Waals surface area contributed by atoms with Gasteiger partial charge in [-0.1, -0.05) is 37.5 Å². The second-order valence-electron chi connectivity index (χ2n) is 9.83. The molecule has 1 amide bonds. The van der Waals surface area contributed by atoms with Crippen LogP contribution in [-0.4, -0.2) is 38.5 Å². The van der Waals surface area contributed by atoms with Gasteiger partial charge in [-0.05, 0) is 73.5 Å². The van der Waals surface area contributed by atoms with E-state index in [-0.39, 0.29) is 41.5 Å². The summed E-state index contributed by atoms with van der Waals surface area (Å²) < 4.78 is 26.0. The highest BCUT2D eigenvalue weighted by Crippen LogP contribution is 2.41. The van der Waals surface area contributed by atoms with Crippen LogP contribution < -0.4 is 9.47 Å². The van der Waals surface area contributed by atoms with Crippen LogP contribution in [0.1, 0.15) is 44.6 Å². The Morgan fingerprint density at radius 3 is 2.44 bits per heavy atom. The molecule has 0 aromatic heterocycles. The number of hydrogen-bond donors (Lipinski definition) is 0. The summed E-state index contributed by atoms with van der Waals surface area (Å²) in [5.74, 6) is -0.483. The highest BCUT2D eigenvalue weighted by molar-refractivity contribution is 8.18. The van der Waals surface area contributed by atoms with Crippen LogP contribution in [0.15, 0.2) is 70.6 Å². The number of ether oxygens (including phenoxy) is 2. The van der Waals surface area contributed by atoms with Crippen molar-refractivity contribution in [2.24, 2.45) is 4.99 Å². The SMILES string of the molecule is CCOc1cc(/C=C2\SC(=Nc3ccccc3F)N(C3CCCCC3)C2=O)ccc1Oc1ccc([N+](=O)[O-])cc1[N+](=O)[O-]. The van der Waals surface area contributed by atoms with Gasteiger partial charge < -0.3 is 9.47 Å². The Morgan fingerprint density at radius 1 is 1.00 bits per heavy atom. The molecule has 1 aliphatic heterocycles. The highest BCUT2D eigenvalue weighted by atomic mass is 32.2. The minimum Gasteiger partial charge on any atom is -0.490 e. The first kappa shape index (κ1) is 29.7. The van der Waals surface area contributed by atoms with E-state index in [1.165, 1.54) is 17.8 Å². The fourth-order valence-electron chi connectivity index (χ4n) is 4.96. The van der Waals surface area contributed by atoms with Crippen molar-refractivity contribution in [2.45, 2.75) is 45.1 Å². The molecule has 5 rings (SSSR count). The van der Waals surface area contributed by atoms with E-state index in [0.717, 1.165) is 50.3 Å². The Bertz CT molecular complexity index is 1640. The first-order valence-electron chi connectivity index (χ1n) is 13.7. The number of thioether (sulfide) groups is 1. The first-order chi connectivity index (χ1) is 20.7. The predicted octanol–water partition coefficient (Wildman–Crippen LogP) is 7.77. The fraction of sp³-hybridized carbons (Fsp3) is 0.267. The number of para-hydroxylation sites is 1. The average Bonchev–Trinajstić information content (AvgIpc) is 3.29. The van der Waals surface area contributed by atoms with Crippen molar-refractivity contribution in [3.05, 3.63) is 97.2 Å². The van der Waals surface area contributed by atoms with Crippen LogP contribution in [0.3, 0.4) is 0 Å². The van der Waals surface area contributed by atoms with Gasteiger partial charge in [-0.15, -0.1) is 0 Å². The average molecular weight is 607 g/mol. The molecule has 43 heavy (non-hydrogen) atoms. The Morgan fingerprint density at radius 2 is 1.74 bits per heavy atom. The van der Waals surface area contributed by atoms with Gasteiger partial charge in [0.1, 0.15) is 11.5 Å². The standard InChI is InChI=1S/C30H27FN4O7S/c1-2-41-27-16-19(12-14-26(27)42-25-15-13-21(34(37)38)18-24(25)35(39)40)17-28-29(36)33(20-8-4-3-5-9-20)30(43-28)32-23-11-7-6-10-22(23)31/h6-7,10-18,20H,2-5,8-9H2,1H3/b28-17-,32-30?. The quantitative estimate of drug-likeness (QED) is 0.137. The lowest BCUT2D eigenvalue weighted by molar-refractivity contribution is -0.394. The normalized spacial score (nSPS) is 17.4. The van der Waals surface area contributed by atoms with Crippen LogP contribution in [0.2, 0.25) is 0 Å². The van der Waals surface area contributed by atoms with E-state index in [1.54, 1.807) is 54.3 Å². The maximum absolute atomic E-state index is 14.5. The predicted molar refractivity (Wildman–Crippen MR) is 160 cm³/mol. The largest absolute Gasteiger partial charge is 0.490 e. The van der Waals surface area contributed by atoms with Crippen molar-refractivity contribution in [2.75, 3.05) is 6.61 Å². The molecule has 13 heteroatoms. The Kier molecular flexibility index (Phi) is 9.00. The van der Waals surface area contributed by atoms with Gasteiger partial charge in [0.25, 0.3) is 11.6 Å². The topological polar surface area (TPSA) is 137 Å². The molecule has 2 aliphatic rings. The number of benzene rings is 3. The molecule has 0 atom stereocenters. The van der Waals surface area contributed by atoms with Gasteiger partial charge in [-0.3, -0.25) is 29.9 Å². The Balaban J connectivity index is 1.47. The van der Waals surface area contributed by atoms with E-state index in [1.807, 2.05) is 0 Å². The van der Waals surface area contributed by atoms with Crippen LogP contribution >= 0.6 is 11.8 Å². The lowest BCUT2D eigenvalue weighted by Gasteiger charge is -2.30. The molecule has 0 bridgehead atoms. The zero-order valence-corrected chi connectivity index (χ0v) is 23.9. The lowest BCUT2D eigenvalue weighted by atomic mass is 9.94. The molecule has 0 unspecified atom stereocenters. The monoisotopic (exact) mass is 606 g/mol. The van der Waals surface area contributed by atoms with Gasteiger partial charge in [0, 0.05) is 12.1 Å². The summed E-state index contributed by atoms with van der Waals surface area (Å²) in [7, 11) is 0. The molecule has 3 aromatic carbocycles. The third-order valence-corrected chi connectivity index (χ3v) is 7.96. The second-order valence-corrected chi connectivity index (χ2v) is 10.8. The van der Waals surface area contributed by atoms with E-state index in [0.29, 0.717) is 15.6 Å². The molecule has 1 saturated carbocycles. The van der Waals surface area contributed by atoms with Crippen molar-refractivity contribution in [3.63, 3.8) is 0 Å². The third kappa shape index (κ3) is 6.67. The number of non-ortho nitro benzene ring substituents is 1. The molecule has 222 valence electrons. The molecular weight excluding hydrogens is 579 g/mol. The van der Waals surface area contributed by atoms with Crippen molar-refractivity contribution in [1.29, 1.82) is 0 Å². The molecule has 0 spiro atoms. The first-order valence-corrected chi connectivity index (χ1v) is 14.5. The van der Waals surface area contributed by atoms with Crippen LogP contribution in [0.4, 0.5) is 21.5 Å². The van der Waals surface area contributed by atoms with Crippen molar-refractivity contribution in [1.82, 2.24) is 4.90 Å². The number of carbonyl (C=O) groups is 1. The molecule has 1 aliphatic carbocycles. The number of amidine groups is 1. The Labute approximate surface area is 250 Å². The van der Waals surface area contributed by atoms with Crippen LogP contribution in [0.25, 0.3) is 6.08 Å². The van der Waals surface area contributed by atoms with Gasteiger partial charge in [0.05, 0.1) is 27.4 Å². The summed E-state index contributed by atoms with van der Waals surface area (Å²) in [6, 6.07) is 14.1. The third-order valence-electron chi connectivity index (χ3n) is 6.98. The number of rotatable bonds is 9. The number of amides is 1. The van der Waals surface area contributed by atoms with E-state index in [2.05, 4.69) is 4.99 Å². The van der Waals surface area contributed by atoms with E-state index in [4.69, 9.17) is 9.47 Å². The van der Waals surface area contributed by atoms with E-state index >= 15 is 0 Å². The molecule has 3 aromatic rings. The zero-order valence-electron chi connectivity index (χ0n) is 23.1. The summed E-state index contributed by atoms with van der Waals surface area (Å²) in [5, 5.41) is 23.1. The molecule has 0 N–H and O–H groups in total. The van der Waals surface area contributed by atoms with Crippen LogP contribution in [0.5, 0.6) is 17.2 Å². The summed E-state index contributed by atoms with van der Waals surface area (Å²) in [5.41, 5.74) is -0.258. The number of nitro groups is 2. The maximum atomic E-state index is 14.5. The second kappa shape index (κ2) is 13.0. The number of nitrogens with zero attached hydrogens (tertiary/aromatic N) is 4. The van der Waals surface area contributed by atoms with Gasteiger partial charge >= 0.3 is 5.69 Å². The molecule has 1 heterocycles. The van der Waals surface area contributed by atoms with E-state index < -0.39 is 27.0 Å².